The summed E-state index contributed by atoms with van der Waals surface area (Å²) >= 11 is 0. The Bertz CT molecular complexity index is 534. The number of H-pyrrole nitrogens is 1. The fourth-order valence-electron chi connectivity index (χ4n) is 1.61. The maximum atomic E-state index is 11.8. The summed E-state index contributed by atoms with van der Waals surface area (Å²) in [5.74, 6) is 0.663. The number of unbranched alkanes of at least 4 members (excludes halogenated alkanes) is 1. The zero-order valence-electron chi connectivity index (χ0n) is 9.81. The normalized spacial score (nSPS) is 10.4. The van der Waals surface area contributed by atoms with E-state index in [1.807, 2.05) is 30.3 Å². The van der Waals surface area contributed by atoms with Gasteiger partial charge in [-0.05, 0) is 6.42 Å². The molecule has 0 radical (unpaired) electrons. The van der Waals surface area contributed by atoms with Gasteiger partial charge in [0.15, 0.2) is 5.69 Å². The van der Waals surface area contributed by atoms with Gasteiger partial charge in [0, 0.05) is 12.0 Å². The molecule has 0 saturated carbocycles. The van der Waals surface area contributed by atoms with Crippen LogP contribution in [0.5, 0.6) is 0 Å². The maximum absolute atomic E-state index is 11.8. The van der Waals surface area contributed by atoms with Crippen LogP contribution in [-0.4, -0.2) is 15.2 Å². The molecule has 1 aromatic heterocycles. The van der Waals surface area contributed by atoms with E-state index in [0.29, 0.717) is 11.5 Å². The molecular formula is C13H15N3O. The average Bonchev–Trinajstić information content (AvgIpc) is 2.37. The molecule has 2 rings (SSSR count). The second-order valence-corrected chi connectivity index (χ2v) is 3.92. The molecule has 0 amide bonds. The van der Waals surface area contributed by atoms with E-state index in [-0.39, 0.29) is 5.56 Å². The van der Waals surface area contributed by atoms with Crippen LogP contribution in [0.25, 0.3) is 11.3 Å². The van der Waals surface area contributed by atoms with Gasteiger partial charge in [0.1, 0.15) is 5.82 Å². The summed E-state index contributed by atoms with van der Waals surface area (Å²) in [4.78, 5) is 14.6. The number of aryl methyl sites for hydroxylation is 1. The lowest BCUT2D eigenvalue weighted by Crippen LogP contribution is -2.16. The second kappa shape index (κ2) is 5.39. The van der Waals surface area contributed by atoms with Gasteiger partial charge in [0.25, 0.3) is 5.56 Å². The van der Waals surface area contributed by atoms with Crippen LogP contribution in [0.2, 0.25) is 0 Å². The SMILES string of the molecule is CCCCc1nnc(-c2ccccc2)c(=O)[nH]1. The van der Waals surface area contributed by atoms with E-state index in [1.54, 1.807) is 0 Å². The predicted molar refractivity (Wildman–Crippen MR) is 66.7 cm³/mol. The molecule has 0 saturated heterocycles. The molecule has 2 aromatic rings. The highest BCUT2D eigenvalue weighted by atomic mass is 16.1. The Morgan fingerprint density at radius 1 is 1.18 bits per heavy atom. The largest absolute Gasteiger partial charge is 0.307 e. The molecule has 1 N–H and O–H groups in total. The summed E-state index contributed by atoms with van der Waals surface area (Å²) in [6, 6.07) is 9.36. The Morgan fingerprint density at radius 3 is 2.59 bits per heavy atom. The van der Waals surface area contributed by atoms with Crippen molar-refractivity contribution in [2.45, 2.75) is 26.2 Å². The van der Waals surface area contributed by atoms with Crippen molar-refractivity contribution in [3.63, 3.8) is 0 Å². The van der Waals surface area contributed by atoms with Crippen LogP contribution >= 0.6 is 0 Å². The zero-order valence-corrected chi connectivity index (χ0v) is 9.81. The Kier molecular flexibility index (Phi) is 3.65. The first kappa shape index (κ1) is 11.5. The second-order valence-electron chi connectivity index (χ2n) is 3.92. The lowest BCUT2D eigenvalue weighted by Gasteiger charge is -2.01. The molecule has 0 aliphatic heterocycles. The molecule has 0 aliphatic rings. The van der Waals surface area contributed by atoms with Crippen molar-refractivity contribution < 1.29 is 0 Å². The molecule has 0 atom stereocenters. The fourth-order valence-corrected chi connectivity index (χ4v) is 1.61. The van der Waals surface area contributed by atoms with Gasteiger partial charge in [-0.2, -0.15) is 0 Å². The van der Waals surface area contributed by atoms with Gasteiger partial charge in [-0.3, -0.25) is 4.79 Å². The number of aromatic nitrogens is 3. The molecular weight excluding hydrogens is 214 g/mol. The van der Waals surface area contributed by atoms with Crippen LogP contribution in [0.1, 0.15) is 25.6 Å². The van der Waals surface area contributed by atoms with Gasteiger partial charge in [0.2, 0.25) is 0 Å². The molecule has 0 aliphatic carbocycles. The molecule has 4 heteroatoms. The van der Waals surface area contributed by atoms with E-state index in [2.05, 4.69) is 22.1 Å². The van der Waals surface area contributed by atoms with E-state index < -0.39 is 0 Å². The van der Waals surface area contributed by atoms with E-state index in [4.69, 9.17) is 0 Å². The minimum atomic E-state index is -0.169. The van der Waals surface area contributed by atoms with Gasteiger partial charge < -0.3 is 4.98 Å². The van der Waals surface area contributed by atoms with Gasteiger partial charge in [0.05, 0.1) is 0 Å². The topological polar surface area (TPSA) is 58.6 Å². The molecule has 0 bridgehead atoms. The van der Waals surface area contributed by atoms with E-state index in [9.17, 15) is 4.79 Å². The minimum Gasteiger partial charge on any atom is -0.307 e. The third kappa shape index (κ3) is 2.78. The Balaban J connectivity index is 2.30. The summed E-state index contributed by atoms with van der Waals surface area (Å²) < 4.78 is 0. The third-order valence-electron chi connectivity index (χ3n) is 2.56. The van der Waals surface area contributed by atoms with E-state index in [1.165, 1.54) is 0 Å². The highest BCUT2D eigenvalue weighted by Crippen LogP contribution is 2.10. The minimum absolute atomic E-state index is 0.169. The zero-order chi connectivity index (χ0) is 12.1. The third-order valence-corrected chi connectivity index (χ3v) is 2.56. The number of rotatable bonds is 4. The van der Waals surface area contributed by atoms with Crippen LogP contribution in [-0.2, 0) is 6.42 Å². The first-order chi connectivity index (χ1) is 8.31. The molecule has 88 valence electrons. The molecule has 17 heavy (non-hydrogen) atoms. The summed E-state index contributed by atoms with van der Waals surface area (Å²) in [7, 11) is 0. The number of hydrogen-bond acceptors (Lipinski definition) is 3. The lowest BCUT2D eigenvalue weighted by atomic mass is 10.2. The van der Waals surface area contributed by atoms with Crippen molar-refractivity contribution in [2.75, 3.05) is 0 Å². The number of nitrogens with one attached hydrogen (secondary N) is 1. The van der Waals surface area contributed by atoms with E-state index in [0.717, 1.165) is 24.8 Å². The number of hydrogen-bond donors (Lipinski definition) is 1. The van der Waals surface area contributed by atoms with Crippen molar-refractivity contribution in [1.29, 1.82) is 0 Å². The molecule has 0 spiro atoms. The molecule has 1 heterocycles. The van der Waals surface area contributed by atoms with Gasteiger partial charge >= 0.3 is 0 Å². The van der Waals surface area contributed by atoms with Crippen molar-refractivity contribution >= 4 is 0 Å². The molecule has 0 unspecified atom stereocenters. The number of benzene rings is 1. The summed E-state index contributed by atoms with van der Waals surface area (Å²) in [6.07, 6.45) is 2.85. The molecule has 4 nitrogen and oxygen atoms in total. The van der Waals surface area contributed by atoms with Crippen molar-refractivity contribution in [2.24, 2.45) is 0 Å². The standard InChI is InChI=1S/C13H15N3O/c1-2-3-9-11-14-13(17)12(16-15-11)10-7-5-4-6-8-10/h4-8H,2-3,9H2,1H3,(H,14,15,17). The summed E-state index contributed by atoms with van der Waals surface area (Å²) in [6.45, 7) is 2.10. The van der Waals surface area contributed by atoms with Crippen LogP contribution < -0.4 is 5.56 Å². The predicted octanol–water partition coefficient (Wildman–Crippen LogP) is 2.17. The Hall–Kier alpha value is -1.97. The number of aromatic amines is 1. The van der Waals surface area contributed by atoms with Crippen LogP contribution in [0.4, 0.5) is 0 Å². The van der Waals surface area contributed by atoms with Crippen molar-refractivity contribution in [1.82, 2.24) is 15.2 Å². The monoisotopic (exact) mass is 229 g/mol. The highest BCUT2D eigenvalue weighted by molar-refractivity contribution is 5.56. The van der Waals surface area contributed by atoms with Gasteiger partial charge in [-0.1, -0.05) is 43.7 Å². The highest BCUT2D eigenvalue weighted by Gasteiger charge is 2.06. The van der Waals surface area contributed by atoms with Crippen LogP contribution in [0.3, 0.4) is 0 Å². The lowest BCUT2D eigenvalue weighted by molar-refractivity contribution is 0.724. The molecule has 0 fully saturated rings. The van der Waals surface area contributed by atoms with Gasteiger partial charge in [-0.15, -0.1) is 10.2 Å². The van der Waals surface area contributed by atoms with Crippen molar-refractivity contribution in [3.05, 3.63) is 46.5 Å². The van der Waals surface area contributed by atoms with Crippen molar-refractivity contribution in [3.8, 4) is 11.3 Å². The Morgan fingerprint density at radius 2 is 1.94 bits per heavy atom. The maximum Gasteiger partial charge on any atom is 0.277 e. The fraction of sp³-hybridized carbons (Fsp3) is 0.308. The first-order valence-electron chi connectivity index (χ1n) is 5.82. The van der Waals surface area contributed by atoms with Gasteiger partial charge in [-0.25, -0.2) is 0 Å². The quantitative estimate of drug-likeness (QED) is 0.874. The van der Waals surface area contributed by atoms with E-state index >= 15 is 0 Å². The summed E-state index contributed by atoms with van der Waals surface area (Å²) in [5.41, 5.74) is 1.01. The number of nitrogens with zero attached hydrogens (tertiary/aromatic N) is 2. The molecule has 1 aromatic carbocycles. The van der Waals surface area contributed by atoms with Crippen LogP contribution in [0, 0.1) is 0 Å². The van der Waals surface area contributed by atoms with Crippen LogP contribution in [0.15, 0.2) is 35.1 Å². The average molecular weight is 229 g/mol. The first-order valence-corrected chi connectivity index (χ1v) is 5.82. The Labute approximate surface area is 99.7 Å². The smallest absolute Gasteiger partial charge is 0.277 e. The summed E-state index contributed by atoms with van der Waals surface area (Å²) in [5, 5.41) is 8.06.